The van der Waals surface area contributed by atoms with Crippen LogP contribution in [0.3, 0.4) is 0 Å². The number of hydrogen-bond acceptors (Lipinski definition) is 2. The standard InChI is InChI=1S/C20H17ClN3/c21-19-10-11-20-15-23(22-24(20)14-19)13-12-16-6-8-18(9-7-16)17-4-2-1-3-5-17/h1-14,22H,15H2/q+1/b13-12+. The highest BCUT2D eigenvalue weighted by molar-refractivity contribution is 6.30. The molecule has 2 aromatic carbocycles. The Morgan fingerprint density at radius 1 is 0.917 bits per heavy atom. The molecule has 24 heavy (non-hydrogen) atoms. The van der Waals surface area contributed by atoms with E-state index in [0.29, 0.717) is 5.02 Å². The van der Waals surface area contributed by atoms with Gasteiger partial charge in [0.15, 0.2) is 0 Å². The van der Waals surface area contributed by atoms with Crippen molar-refractivity contribution >= 4 is 17.7 Å². The first-order chi connectivity index (χ1) is 11.8. The van der Waals surface area contributed by atoms with Gasteiger partial charge >= 0.3 is 0 Å². The minimum Gasteiger partial charge on any atom is -0.237 e. The highest BCUT2D eigenvalue weighted by Gasteiger charge is 2.23. The number of hydrazine groups is 1. The summed E-state index contributed by atoms with van der Waals surface area (Å²) in [5, 5.41) is 2.74. The maximum Gasteiger partial charge on any atom is 0.235 e. The summed E-state index contributed by atoms with van der Waals surface area (Å²) in [7, 11) is 0. The van der Waals surface area contributed by atoms with Crippen molar-refractivity contribution in [3.63, 3.8) is 0 Å². The Balaban J connectivity index is 1.45. The lowest BCUT2D eigenvalue weighted by Gasteiger charge is -2.06. The van der Waals surface area contributed by atoms with Gasteiger partial charge in [0.2, 0.25) is 11.9 Å². The van der Waals surface area contributed by atoms with E-state index >= 15 is 0 Å². The van der Waals surface area contributed by atoms with Crippen LogP contribution in [-0.2, 0) is 6.54 Å². The molecule has 0 fully saturated rings. The lowest BCUT2D eigenvalue weighted by molar-refractivity contribution is -0.654. The molecule has 4 heteroatoms. The Kier molecular flexibility index (Phi) is 3.93. The zero-order valence-corrected chi connectivity index (χ0v) is 13.8. The number of pyridine rings is 1. The van der Waals surface area contributed by atoms with E-state index < -0.39 is 0 Å². The summed E-state index contributed by atoms with van der Waals surface area (Å²) in [4.78, 5) is 0. The van der Waals surface area contributed by atoms with Crippen molar-refractivity contribution in [2.75, 3.05) is 5.53 Å². The molecule has 1 aliphatic heterocycles. The fourth-order valence-electron chi connectivity index (χ4n) is 2.75. The number of hydrogen-bond donors (Lipinski definition) is 1. The first-order valence-corrected chi connectivity index (χ1v) is 8.23. The molecule has 0 unspecified atom stereocenters. The second-order valence-electron chi connectivity index (χ2n) is 5.74. The van der Waals surface area contributed by atoms with Gasteiger partial charge in [0, 0.05) is 12.3 Å². The summed E-state index contributed by atoms with van der Waals surface area (Å²) in [6.45, 7) is 0.801. The molecule has 3 nitrogen and oxygen atoms in total. The van der Waals surface area contributed by atoms with Crippen molar-refractivity contribution in [1.82, 2.24) is 5.01 Å². The summed E-state index contributed by atoms with van der Waals surface area (Å²) < 4.78 is 1.94. The van der Waals surface area contributed by atoms with Crippen LogP contribution in [0.15, 0.2) is 79.1 Å². The highest BCUT2D eigenvalue weighted by atomic mass is 35.5. The van der Waals surface area contributed by atoms with E-state index in [1.165, 1.54) is 16.8 Å². The van der Waals surface area contributed by atoms with Gasteiger partial charge in [-0.2, -0.15) is 0 Å². The van der Waals surface area contributed by atoms with Gasteiger partial charge in [0.05, 0.1) is 0 Å². The summed E-state index contributed by atoms with van der Waals surface area (Å²) in [6, 6.07) is 22.9. The third kappa shape index (κ3) is 3.12. The average Bonchev–Trinajstić information content (AvgIpc) is 3.03. The first kappa shape index (κ1) is 14.8. The number of nitrogens with one attached hydrogen (secondary N) is 1. The maximum absolute atomic E-state index is 6.01. The zero-order valence-electron chi connectivity index (χ0n) is 13.1. The van der Waals surface area contributed by atoms with Gasteiger partial charge < -0.3 is 0 Å². The van der Waals surface area contributed by atoms with E-state index in [9.17, 15) is 0 Å². The molecule has 3 aromatic rings. The van der Waals surface area contributed by atoms with E-state index in [1.54, 1.807) is 0 Å². The molecule has 0 aliphatic carbocycles. The van der Waals surface area contributed by atoms with Crippen LogP contribution >= 0.6 is 11.6 Å². The van der Waals surface area contributed by atoms with Gasteiger partial charge in [-0.3, -0.25) is 0 Å². The van der Waals surface area contributed by atoms with Gasteiger partial charge in [-0.15, -0.1) is 0 Å². The van der Waals surface area contributed by atoms with Crippen LogP contribution in [0.1, 0.15) is 11.3 Å². The number of benzene rings is 2. The van der Waals surface area contributed by atoms with Crippen molar-refractivity contribution < 1.29 is 4.68 Å². The molecule has 0 atom stereocenters. The fourth-order valence-corrected chi connectivity index (χ4v) is 2.92. The van der Waals surface area contributed by atoms with Gasteiger partial charge in [-0.05, 0) is 28.8 Å². The molecule has 1 aliphatic rings. The Hall–Kier alpha value is -2.78. The highest BCUT2D eigenvalue weighted by Crippen LogP contribution is 2.20. The van der Waals surface area contributed by atoms with Gasteiger partial charge in [0.25, 0.3) is 0 Å². The van der Waals surface area contributed by atoms with Gasteiger partial charge in [-0.25, -0.2) is 5.01 Å². The minimum atomic E-state index is 0.716. The number of aromatic nitrogens is 1. The van der Waals surface area contributed by atoms with Crippen LogP contribution in [0.25, 0.3) is 17.2 Å². The molecule has 0 amide bonds. The number of halogens is 1. The third-order valence-electron chi connectivity index (χ3n) is 4.03. The Morgan fingerprint density at radius 3 is 2.46 bits per heavy atom. The largest absolute Gasteiger partial charge is 0.237 e. The predicted octanol–water partition coefficient (Wildman–Crippen LogP) is 4.24. The minimum absolute atomic E-state index is 0.716. The van der Waals surface area contributed by atoms with Crippen LogP contribution in [0.4, 0.5) is 0 Å². The predicted molar refractivity (Wildman–Crippen MR) is 97.5 cm³/mol. The van der Waals surface area contributed by atoms with Crippen LogP contribution in [0.2, 0.25) is 5.02 Å². The van der Waals surface area contributed by atoms with Crippen LogP contribution in [0.5, 0.6) is 0 Å². The van der Waals surface area contributed by atoms with E-state index in [2.05, 4.69) is 60.1 Å². The summed E-state index contributed by atoms with van der Waals surface area (Å²) in [5.41, 5.74) is 8.05. The van der Waals surface area contributed by atoms with Crippen LogP contribution in [-0.4, -0.2) is 5.01 Å². The van der Waals surface area contributed by atoms with E-state index in [1.807, 2.05) is 40.3 Å². The molecule has 2 heterocycles. The second-order valence-corrected chi connectivity index (χ2v) is 6.18. The number of fused-ring (bicyclic) bond motifs is 1. The lowest BCUT2D eigenvalue weighted by atomic mass is 10.0. The topological polar surface area (TPSA) is 19.1 Å². The molecule has 0 saturated carbocycles. The van der Waals surface area contributed by atoms with E-state index in [4.69, 9.17) is 11.6 Å². The number of rotatable bonds is 3. The van der Waals surface area contributed by atoms with Gasteiger partial charge in [0.1, 0.15) is 11.6 Å². The van der Waals surface area contributed by atoms with Crippen molar-refractivity contribution in [2.45, 2.75) is 6.54 Å². The SMILES string of the molecule is Clc1ccc2[n+](c1)NN(/C=C/c1ccc(-c3ccccc3)cc1)C2. The molecule has 118 valence electrons. The number of nitrogens with zero attached hydrogens (tertiary/aromatic N) is 2. The third-order valence-corrected chi connectivity index (χ3v) is 4.25. The average molecular weight is 335 g/mol. The fraction of sp³-hybridized carbons (Fsp3) is 0.0500. The summed E-state index contributed by atoms with van der Waals surface area (Å²) in [5.74, 6) is 0. The van der Waals surface area contributed by atoms with Crippen molar-refractivity contribution in [3.8, 4) is 11.1 Å². The summed E-state index contributed by atoms with van der Waals surface area (Å²) >= 11 is 6.01. The molecule has 1 aromatic heterocycles. The molecule has 0 saturated heterocycles. The molecular weight excluding hydrogens is 318 g/mol. The Morgan fingerprint density at radius 2 is 1.67 bits per heavy atom. The monoisotopic (exact) mass is 334 g/mol. The second kappa shape index (κ2) is 6.38. The molecule has 0 spiro atoms. The first-order valence-electron chi connectivity index (χ1n) is 7.85. The van der Waals surface area contributed by atoms with E-state index in [-0.39, 0.29) is 0 Å². The molecule has 0 radical (unpaired) electrons. The lowest BCUT2D eigenvalue weighted by Crippen LogP contribution is -2.45. The van der Waals surface area contributed by atoms with Crippen LogP contribution < -0.4 is 10.2 Å². The quantitative estimate of drug-likeness (QED) is 0.722. The van der Waals surface area contributed by atoms with E-state index in [0.717, 1.165) is 12.1 Å². The van der Waals surface area contributed by atoms with Gasteiger partial charge in [-0.1, -0.05) is 76.4 Å². The summed E-state index contributed by atoms with van der Waals surface area (Å²) in [6.07, 6.45) is 6.01. The Bertz CT molecular complexity index is 873. The molecule has 4 rings (SSSR count). The molecule has 0 bridgehead atoms. The van der Waals surface area contributed by atoms with Crippen molar-refractivity contribution in [3.05, 3.63) is 95.4 Å². The Labute approximate surface area is 146 Å². The smallest absolute Gasteiger partial charge is 0.235 e. The molecular formula is C20H17ClN3+. The van der Waals surface area contributed by atoms with Crippen molar-refractivity contribution in [2.24, 2.45) is 0 Å². The maximum atomic E-state index is 6.01. The van der Waals surface area contributed by atoms with Crippen LogP contribution in [0, 0.1) is 0 Å². The van der Waals surface area contributed by atoms with Crippen molar-refractivity contribution in [1.29, 1.82) is 0 Å². The zero-order chi connectivity index (χ0) is 16.4. The normalized spacial score (nSPS) is 13.1. The molecule has 1 N–H and O–H groups in total.